The standard InChI is InChI=1S/C27H28N2O4S/c1-20(22-13-7-3-8-14-22)28-25(30)17-33-27(32)24(19-34-18-21-11-5-2-6-12-21)29-26(31)23-15-9-4-10-16-23/h2-16,20,24H,17-19H2,1H3,(H,28,30)(H,29,31)/t20-,24-/m0/s1. The van der Waals surface area contributed by atoms with Crippen LogP contribution in [0.25, 0.3) is 0 Å². The van der Waals surface area contributed by atoms with Gasteiger partial charge in [-0.05, 0) is 30.2 Å². The molecular formula is C27H28N2O4S. The number of carbonyl (C=O) groups is 3. The Morgan fingerprint density at radius 2 is 1.41 bits per heavy atom. The molecule has 0 saturated heterocycles. The first-order valence-corrected chi connectivity index (χ1v) is 12.2. The van der Waals surface area contributed by atoms with Gasteiger partial charge in [-0.2, -0.15) is 11.8 Å². The van der Waals surface area contributed by atoms with E-state index in [0.29, 0.717) is 17.1 Å². The quantitative estimate of drug-likeness (QED) is 0.407. The van der Waals surface area contributed by atoms with Crippen molar-refractivity contribution >= 4 is 29.5 Å². The van der Waals surface area contributed by atoms with Crippen molar-refractivity contribution in [1.29, 1.82) is 0 Å². The molecule has 0 saturated carbocycles. The lowest BCUT2D eigenvalue weighted by atomic mass is 10.1. The fourth-order valence-electron chi connectivity index (χ4n) is 3.21. The average molecular weight is 477 g/mol. The smallest absolute Gasteiger partial charge is 0.330 e. The molecule has 176 valence electrons. The van der Waals surface area contributed by atoms with Crippen LogP contribution in [0.5, 0.6) is 0 Å². The molecule has 3 aromatic rings. The summed E-state index contributed by atoms with van der Waals surface area (Å²) in [7, 11) is 0. The second-order valence-corrected chi connectivity index (χ2v) is 8.73. The minimum atomic E-state index is -0.888. The molecule has 0 aliphatic rings. The molecule has 0 radical (unpaired) electrons. The van der Waals surface area contributed by atoms with Crippen LogP contribution < -0.4 is 10.6 Å². The second kappa shape index (κ2) is 13.2. The number of hydrogen-bond donors (Lipinski definition) is 2. The van der Waals surface area contributed by atoms with Crippen molar-refractivity contribution in [3.8, 4) is 0 Å². The number of hydrogen-bond acceptors (Lipinski definition) is 5. The van der Waals surface area contributed by atoms with Gasteiger partial charge in [0.25, 0.3) is 11.8 Å². The topological polar surface area (TPSA) is 84.5 Å². The maximum atomic E-state index is 12.8. The van der Waals surface area contributed by atoms with Crippen LogP contribution in [0.2, 0.25) is 0 Å². The fourth-order valence-corrected chi connectivity index (χ4v) is 4.22. The highest BCUT2D eigenvalue weighted by atomic mass is 32.2. The monoisotopic (exact) mass is 476 g/mol. The normalized spacial score (nSPS) is 12.3. The molecule has 0 heterocycles. The van der Waals surface area contributed by atoms with Gasteiger partial charge in [-0.3, -0.25) is 9.59 Å². The second-order valence-electron chi connectivity index (χ2n) is 7.70. The Balaban J connectivity index is 1.56. The Bertz CT molecular complexity index is 1060. The Morgan fingerprint density at radius 1 is 0.824 bits per heavy atom. The molecule has 0 aliphatic heterocycles. The molecule has 3 aromatic carbocycles. The largest absolute Gasteiger partial charge is 0.454 e. The summed E-state index contributed by atoms with van der Waals surface area (Å²) in [5.41, 5.74) is 2.51. The van der Waals surface area contributed by atoms with E-state index in [-0.39, 0.29) is 11.9 Å². The van der Waals surface area contributed by atoms with E-state index in [1.54, 1.807) is 24.3 Å². The van der Waals surface area contributed by atoms with E-state index in [2.05, 4.69) is 10.6 Å². The third-order valence-corrected chi connectivity index (χ3v) is 6.15. The minimum Gasteiger partial charge on any atom is -0.454 e. The van der Waals surface area contributed by atoms with Crippen molar-refractivity contribution in [2.24, 2.45) is 0 Å². The number of amides is 2. The molecule has 0 unspecified atom stereocenters. The number of benzene rings is 3. The molecule has 0 aliphatic carbocycles. The van der Waals surface area contributed by atoms with Crippen LogP contribution in [-0.4, -0.2) is 36.2 Å². The van der Waals surface area contributed by atoms with Gasteiger partial charge >= 0.3 is 5.97 Å². The Morgan fingerprint density at radius 3 is 2.06 bits per heavy atom. The SMILES string of the molecule is C[C@H](NC(=O)COC(=O)[C@H](CSCc1ccccc1)NC(=O)c1ccccc1)c1ccccc1. The molecule has 34 heavy (non-hydrogen) atoms. The molecule has 2 N–H and O–H groups in total. The first-order valence-electron chi connectivity index (χ1n) is 11.0. The number of esters is 1. The zero-order chi connectivity index (χ0) is 24.2. The van der Waals surface area contributed by atoms with Crippen LogP contribution in [0.3, 0.4) is 0 Å². The minimum absolute atomic E-state index is 0.220. The van der Waals surface area contributed by atoms with Crippen molar-refractivity contribution in [3.05, 3.63) is 108 Å². The maximum absolute atomic E-state index is 12.8. The highest BCUT2D eigenvalue weighted by Crippen LogP contribution is 2.14. The first-order chi connectivity index (χ1) is 16.5. The molecule has 7 heteroatoms. The summed E-state index contributed by atoms with van der Waals surface area (Å²) in [6.07, 6.45) is 0. The summed E-state index contributed by atoms with van der Waals surface area (Å²) in [5, 5.41) is 5.56. The van der Waals surface area contributed by atoms with E-state index >= 15 is 0 Å². The lowest BCUT2D eigenvalue weighted by Crippen LogP contribution is -2.44. The van der Waals surface area contributed by atoms with Crippen molar-refractivity contribution in [2.45, 2.75) is 24.8 Å². The molecule has 3 rings (SSSR count). The number of thioether (sulfide) groups is 1. The van der Waals surface area contributed by atoms with Gasteiger partial charge in [0.15, 0.2) is 6.61 Å². The summed E-state index contributed by atoms with van der Waals surface area (Å²) in [6.45, 7) is 1.44. The van der Waals surface area contributed by atoms with E-state index < -0.39 is 24.5 Å². The van der Waals surface area contributed by atoms with Gasteiger partial charge in [-0.25, -0.2) is 4.79 Å². The fraction of sp³-hybridized carbons (Fsp3) is 0.222. The molecule has 2 atom stereocenters. The third kappa shape index (κ3) is 8.08. The highest BCUT2D eigenvalue weighted by Gasteiger charge is 2.24. The first kappa shape index (κ1) is 25.1. The lowest BCUT2D eigenvalue weighted by molar-refractivity contribution is -0.150. The van der Waals surface area contributed by atoms with Crippen molar-refractivity contribution in [2.75, 3.05) is 12.4 Å². The molecule has 2 amide bonds. The van der Waals surface area contributed by atoms with Crippen LogP contribution in [0.4, 0.5) is 0 Å². The molecule has 0 spiro atoms. The number of nitrogens with one attached hydrogen (secondary N) is 2. The van der Waals surface area contributed by atoms with Crippen LogP contribution in [0, 0.1) is 0 Å². The van der Waals surface area contributed by atoms with E-state index in [9.17, 15) is 14.4 Å². The molecule has 0 fully saturated rings. The molecule has 0 aromatic heterocycles. The van der Waals surface area contributed by atoms with Gasteiger partial charge in [-0.1, -0.05) is 78.9 Å². The van der Waals surface area contributed by atoms with Crippen molar-refractivity contribution in [1.82, 2.24) is 10.6 Å². The summed E-state index contributed by atoms with van der Waals surface area (Å²) in [4.78, 5) is 37.7. The van der Waals surface area contributed by atoms with Crippen molar-refractivity contribution < 1.29 is 19.1 Å². The van der Waals surface area contributed by atoms with Gasteiger partial charge in [0.2, 0.25) is 0 Å². The van der Waals surface area contributed by atoms with E-state index in [1.807, 2.05) is 73.7 Å². The predicted molar refractivity (Wildman–Crippen MR) is 134 cm³/mol. The van der Waals surface area contributed by atoms with Crippen molar-refractivity contribution in [3.63, 3.8) is 0 Å². The van der Waals surface area contributed by atoms with Gasteiger partial charge in [-0.15, -0.1) is 0 Å². The Labute approximate surface area is 204 Å². The van der Waals surface area contributed by atoms with E-state index in [0.717, 1.165) is 11.1 Å². The van der Waals surface area contributed by atoms with Crippen LogP contribution >= 0.6 is 11.8 Å². The van der Waals surface area contributed by atoms with Crippen LogP contribution in [0.15, 0.2) is 91.0 Å². The van der Waals surface area contributed by atoms with Crippen LogP contribution in [-0.2, 0) is 20.1 Å². The average Bonchev–Trinajstić information content (AvgIpc) is 2.88. The number of ether oxygens (including phenoxy) is 1. The number of rotatable bonds is 11. The summed E-state index contributed by atoms with van der Waals surface area (Å²) >= 11 is 1.51. The lowest BCUT2D eigenvalue weighted by Gasteiger charge is -2.18. The van der Waals surface area contributed by atoms with Gasteiger partial charge in [0.05, 0.1) is 6.04 Å². The van der Waals surface area contributed by atoms with Gasteiger partial charge < -0.3 is 15.4 Å². The highest BCUT2D eigenvalue weighted by molar-refractivity contribution is 7.98. The summed E-state index contributed by atoms with van der Waals surface area (Å²) < 4.78 is 5.26. The van der Waals surface area contributed by atoms with Gasteiger partial charge in [0.1, 0.15) is 6.04 Å². The zero-order valence-corrected chi connectivity index (χ0v) is 19.8. The third-order valence-electron chi connectivity index (χ3n) is 5.04. The molecule has 6 nitrogen and oxygen atoms in total. The number of carbonyl (C=O) groups excluding carboxylic acids is 3. The van der Waals surface area contributed by atoms with Gasteiger partial charge in [0, 0.05) is 17.1 Å². The Hall–Kier alpha value is -3.58. The molecular weight excluding hydrogens is 448 g/mol. The molecule has 0 bridgehead atoms. The Kier molecular flexibility index (Phi) is 9.73. The summed E-state index contributed by atoms with van der Waals surface area (Å²) in [6, 6.07) is 26.9. The van der Waals surface area contributed by atoms with Crippen LogP contribution in [0.1, 0.15) is 34.5 Å². The zero-order valence-electron chi connectivity index (χ0n) is 19.0. The van der Waals surface area contributed by atoms with E-state index in [1.165, 1.54) is 11.8 Å². The predicted octanol–water partition coefficient (Wildman–Crippen LogP) is 4.14. The maximum Gasteiger partial charge on any atom is 0.330 e. The van der Waals surface area contributed by atoms with E-state index in [4.69, 9.17) is 4.74 Å². The summed E-state index contributed by atoms with van der Waals surface area (Å²) in [5.74, 6) is -0.429.